The van der Waals surface area contributed by atoms with E-state index in [2.05, 4.69) is 20.8 Å². The molecule has 0 aliphatic carbocycles. The van der Waals surface area contributed by atoms with Gasteiger partial charge in [-0.3, -0.25) is 0 Å². The first kappa shape index (κ1) is 20.0. The van der Waals surface area contributed by atoms with Gasteiger partial charge >= 0.3 is 5.97 Å². The predicted molar refractivity (Wildman–Crippen MR) is 104 cm³/mol. The summed E-state index contributed by atoms with van der Waals surface area (Å²) in [6.45, 7) is 7.80. The maximum Gasteiger partial charge on any atom is 0.335 e. The van der Waals surface area contributed by atoms with Gasteiger partial charge in [0.25, 0.3) is 0 Å². The number of carboxylic acids is 1. The molecular weight excluding hydrogens is 328 g/mol. The van der Waals surface area contributed by atoms with E-state index in [0.717, 1.165) is 36.3 Å². The fourth-order valence-electron chi connectivity index (χ4n) is 2.49. The number of benzene rings is 2. The van der Waals surface area contributed by atoms with Gasteiger partial charge in [-0.05, 0) is 48.7 Å². The molecule has 140 valence electrons. The van der Waals surface area contributed by atoms with Crippen molar-refractivity contribution in [2.75, 3.05) is 13.2 Å². The Morgan fingerprint density at radius 1 is 1.00 bits per heavy atom. The summed E-state index contributed by atoms with van der Waals surface area (Å²) in [5.41, 5.74) is 2.30. The lowest BCUT2D eigenvalue weighted by molar-refractivity contribution is 0.0142. The van der Waals surface area contributed by atoms with Crippen molar-refractivity contribution < 1.29 is 19.4 Å². The number of rotatable bonds is 10. The lowest BCUT2D eigenvalue weighted by Gasteiger charge is -2.21. The van der Waals surface area contributed by atoms with Crippen LogP contribution in [0.4, 0.5) is 0 Å². The van der Waals surface area contributed by atoms with Crippen LogP contribution >= 0.6 is 0 Å². The van der Waals surface area contributed by atoms with Crippen LogP contribution in [0, 0.1) is 5.92 Å². The third-order valence-corrected chi connectivity index (χ3v) is 4.51. The van der Waals surface area contributed by atoms with Crippen LogP contribution in [-0.2, 0) is 4.74 Å². The molecule has 0 spiro atoms. The van der Waals surface area contributed by atoms with Crippen molar-refractivity contribution in [1.29, 1.82) is 0 Å². The quantitative estimate of drug-likeness (QED) is 0.589. The molecule has 0 radical (unpaired) electrons. The summed E-state index contributed by atoms with van der Waals surface area (Å²) in [6.07, 6.45) is 2.41. The highest BCUT2D eigenvalue weighted by atomic mass is 16.5. The second kappa shape index (κ2) is 9.97. The van der Waals surface area contributed by atoms with Gasteiger partial charge in [-0.1, -0.05) is 44.5 Å². The number of hydrogen-bond donors (Lipinski definition) is 1. The zero-order chi connectivity index (χ0) is 18.9. The summed E-state index contributed by atoms with van der Waals surface area (Å²) in [5, 5.41) is 8.96. The van der Waals surface area contributed by atoms with E-state index in [4.69, 9.17) is 14.6 Å². The molecule has 0 fully saturated rings. The normalized spacial score (nSPS) is 13.2. The summed E-state index contributed by atoms with van der Waals surface area (Å²) >= 11 is 0. The van der Waals surface area contributed by atoms with Crippen molar-refractivity contribution in [1.82, 2.24) is 0 Å². The van der Waals surface area contributed by atoms with Crippen molar-refractivity contribution in [2.45, 2.75) is 39.7 Å². The first-order valence-corrected chi connectivity index (χ1v) is 9.19. The Morgan fingerprint density at radius 2 is 1.58 bits per heavy atom. The first-order valence-electron chi connectivity index (χ1n) is 9.19. The fourth-order valence-corrected chi connectivity index (χ4v) is 2.49. The van der Waals surface area contributed by atoms with Crippen molar-refractivity contribution in [3.63, 3.8) is 0 Å². The van der Waals surface area contributed by atoms with Crippen LogP contribution in [0.25, 0.3) is 11.1 Å². The average Bonchev–Trinajstić information content (AvgIpc) is 2.66. The number of aromatic carboxylic acids is 1. The highest BCUT2D eigenvalue weighted by molar-refractivity contribution is 5.88. The van der Waals surface area contributed by atoms with E-state index >= 15 is 0 Å². The van der Waals surface area contributed by atoms with Crippen LogP contribution < -0.4 is 4.74 Å². The van der Waals surface area contributed by atoms with E-state index in [9.17, 15) is 4.79 Å². The van der Waals surface area contributed by atoms with Crippen LogP contribution in [0.3, 0.4) is 0 Å². The van der Waals surface area contributed by atoms with E-state index < -0.39 is 5.97 Å². The zero-order valence-electron chi connectivity index (χ0n) is 15.8. The molecule has 0 saturated carbocycles. The molecule has 2 aromatic rings. The Morgan fingerprint density at radius 3 is 2.12 bits per heavy atom. The molecule has 0 heterocycles. The Labute approximate surface area is 155 Å². The molecule has 4 heteroatoms. The van der Waals surface area contributed by atoms with Gasteiger partial charge in [0.05, 0.1) is 18.3 Å². The van der Waals surface area contributed by atoms with Gasteiger partial charge < -0.3 is 14.6 Å². The largest absolute Gasteiger partial charge is 0.493 e. The Bertz CT molecular complexity index is 676. The van der Waals surface area contributed by atoms with Crippen molar-refractivity contribution in [3.05, 3.63) is 54.1 Å². The Kier molecular flexibility index (Phi) is 7.67. The fraction of sp³-hybridized carbons (Fsp3) is 0.409. The van der Waals surface area contributed by atoms with Gasteiger partial charge in [-0.2, -0.15) is 0 Å². The molecule has 0 aliphatic rings. The van der Waals surface area contributed by atoms with Crippen molar-refractivity contribution >= 4 is 5.97 Å². The van der Waals surface area contributed by atoms with Gasteiger partial charge in [-0.15, -0.1) is 0 Å². The molecule has 26 heavy (non-hydrogen) atoms. The summed E-state index contributed by atoms with van der Waals surface area (Å²) < 4.78 is 11.7. The number of carboxylic acid groups (broad SMARTS) is 1. The Balaban J connectivity index is 1.88. The van der Waals surface area contributed by atoms with Crippen LogP contribution in [0.1, 0.15) is 44.0 Å². The molecule has 2 rings (SSSR count). The third kappa shape index (κ3) is 5.88. The molecule has 2 aromatic carbocycles. The minimum absolute atomic E-state index is 0.175. The van der Waals surface area contributed by atoms with E-state index in [1.54, 1.807) is 12.1 Å². The standard InChI is InChI=1S/C22H28O4/c1-4-5-14-25-17(3)16(2)15-26-21-12-10-19(11-13-21)18-6-8-20(9-7-18)22(23)24/h6-13,16-17H,4-5,14-15H2,1-3H3,(H,23,24)/t16-,17+/m1/s1. The SMILES string of the molecule is CCCCO[C@@H](C)[C@H](C)COc1ccc(-c2ccc(C(=O)O)cc2)cc1. The molecule has 0 amide bonds. The number of ether oxygens (including phenoxy) is 2. The van der Waals surface area contributed by atoms with Gasteiger partial charge in [0.2, 0.25) is 0 Å². The molecule has 0 saturated heterocycles. The minimum atomic E-state index is -0.915. The molecule has 0 aliphatic heterocycles. The van der Waals surface area contributed by atoms with E-state index in [1.165, 1.54) is 0 Å². The number of carbonyl (C=O) groups is 1. The highest BCUT2D eigenvalue weighted by Gasteiger charge is 2.13. The third-order valence-electron chi connectivity index (χ3n) is 4.51. The Hall–Kier alpha value is -2.33. The molecule has 1 N–H and O–H groups in total. The maximum absolute atomic E-state index is 10.9. The summed E-state index contributed by atoms with van der Waals surface area (Å²) in [4.78, 5) is 10.9. The minimum Gasteiger partial charge on any atom is -0.493 e. The van der Waals surface area contributed by atoms with Crippen molar-refractivity contribution in [3.8, 4) is 16.9 Å². The second-order valence-electron chi connectivity index (χ2n) is 6.62. The molecule has 2 atom stereocenters. The smallest absolute Gasteiger partial charge is 0.335 e. The van der Waals surface area contributed by atoms with E-state index in [1.807, 2.05) is 36.4 Å². The topological polar surface area (TPSA) is 55.8 Å². The lowest BCUT2D eigenvalue weighted by Crippen LogP contribution is -2.24. The predicted octanol–water partition coefficient (Wildman–Crippen LogP) is 5.27. The molecule has 4 nitrogen and oxygen atoms in total. The average molecular weight is 356 g/mol. The van der Waals surface area contributed by atoms with E-state index in [0.29, 0.717) is 12.5 Å². The first-order chi connectivity index (χ1) is 12.5. The van der Waals surface area contributed by atoms with Crippen molar-refractivity contribution in [2.24, 2.45) is 5.92 Å². The molecule has 0 bridgehead atoms. The highest BCUT2D eigenvalue weighted by Crippen LogP contribution is 2.23. The zero-order valence-corrected chi connectivity index (χ0v) is 15.8. The monoisotopic (exact) mass is 356 g/mol. The van der Waals surface area contributed by atoms with Gasteiger partial charge in [-0.25, -0.2) is 4.79 Å². The maximum atomic E-state index is 10.9. The van der Waals surface area contributed by atoms with Gasteiger partial charge in [0, 0.05) is 12.5 Å². The summed E-state index contributed by atoms with van der Waals surface area (Å²) in [7, 11) is 0. The number of hydrogen-bond acceptors (Lipinski definition) is 3. The van der Waals surface area contributed by atoms with Gasteiger partial charge in [0.15, 0.2) is 0 Å². The van der Waals surface area contributed by atoms with Crippen LogP contribution in [0.5, 0.6) is 5.75 Å². The number of unbranched alkanes of at least 4 members (excludes halogenated alkanes) is 1. The molecule has 0 unspecified atom stereocenters. The molecular formula is C22H28O4. The van der Waals surface area contributed by atoms with Crippen LogP contribution in [0.2, 0.25) is 0 Å². The van der Waals surface area contributed by atoms with Crippen LogP contribution in [-0.4, -0.2) is 30.4 Å². The summed E-state index contributed by atoms with van der Waals surface area (Å²) in [6, 6.07) is 14.7. The lowest BCUT2D eigenvalue weighted by atomic mass is 10.0. The second-order valence-corrected chi connectivity index (χ2v) is 6.62. The van der Waals surface area contributed by atoms with Gasteiger partial charge in [0.1, 0.15) is 5.75 Å². The summed E-state index contributed by atoms with van der Waals surface area (Å²) in [5.74, 6) is 0.223. The molecule has 0 aromatic heterocycles. The van der Waals surface area contributed by atoms with Crippen LogP contribution in [0.15, 0.2) is 48.5 Å². The van der Waals surface area contributed by atoms with E-state index in [-0.39, 0.29) is 11.7 Å².